The van der Waals surface area contributed by atoms with Crippen LogP contribution in [0.15, 0.2) is 5.38 Å². The van der Waals surface area contributed by atoms with Crippen molar-refractivity contribution in [3.05, 3.63) is 16.1 Å². The molecule has 0 radical (unpaired) electrons. The Morgan fingerprint density at radius 2 is 2.05 bits per heavy atom. The minimum absolute atomic E-state index is 0.132. The van der Waals surface area contributed by atoms with E-state index in [0.29, 0.717) is 0 Å². The number of rotatable bonds is 6. The Kier molecular flexibility index (Phi) is 5.83. The van der Waals surface area contributed by atoms with Gasteiger partial charge in [0.25, 0.3) is 5.91 Å². The van der Waals surface area contributed by atoms with Crippen LogP contribution in [0.1, 0.15) is 41.1 Å². The van der Waals surface area contributed by atoms with Crippen molar-refractivity contribution in [2.45, 2.75) is 20.8 Å². The van der Waals surface area contributed by atoms with Gasteiger partial charge in [0.15, 0.2) is 0 Å². The second-order valence-electron chi connectivity index (χ2n) is 4.90. The Morgan fingerprint density at radius 3 is 2.62 bits per heavy atom. The molecule has 0 atom stereocenters. The summed E-state index contributed by atoms with van der Waals surface area (Å²) < 4.78 is 4.81. The molecule has 0 spiro atoms. The van der Waals surface area contributed by atoms with E-state index < -0.39 is 17.3 Å². The molecule has 0 fully saturated rings. The molecule has 8 heteroatoms. The molecule has 0 aromatic carbocycles. The van der Waals surface area contributed by atoms with Crippen LogP contribution in [-0.4, -0.2) is 43.0 Å². The van der Waals surface area contributed by atoms with E-state index in [2.05, 4.69) is 15.6 Å². The second-order valence-corrected chi connectivity index (χ2v) is 5.76. The monoisotopic (exact) mass is 313 g/mol. The number of ether oxygens (including phenoxy) is 1. The number of aromatic nitrogens is 1. The maximum atomic E-state index is 11.9. The van der Waals surface area contributed by atoms with Gasteiger partial charge in [-0.1, -0.05) is 0 Å². The molecule has 2 N–H and O–H groups in total. The lowest BCUT2D eigenvalue weighted by molar-refractivity contribution is -0.128. The minimum atomic E-state index is -0.732. The van der Waals surface area contributed by atoms with Crippen molar-refractivity contribution in [3.63, 3.8) is 0 Å². The van der Waals surface area contributed by atoms with E-state index >= 15 is 0 Å². The minimum Gasteiger partial charge on any atom is -0.461 e. The summed E-state index contributed by atoms with van der Waals surface area (Å²) in [6.07, 6.45) is 0. The molecular formula is C13H19N3O4S. The molecule has 0 aliphatic heterocycles. The Labute approximate surface area is 127 Å². The SMILES string of the molecule is CCOC(=O)c1nc(C(=O)NCC(C)(C)C(=O)NC)cs1. The van der Waals surface area contributed by atoms with E-state index in [-0.39, 0.29) is 29.8 Å². The van der Waals surface area contributed by atoms with E-state index in [1.165, 1.54) is 12.4 Å². The number of thiazole rings is 1. The third-order valence-electron chi connectivity index (χ3n) is 2.72. The Hall–Kier alpha value is -1.96. The predicted molar refractivity (Wildman–Crippen MR) is 78.3 cm³/mol. The Bertz CT molecular complexity index is 539. The highest BCUT2D eigenvalue weighted by Crippen LogP contribution is 2.15. The summed E-state index contributed by atoms with van der Waals surface area (Å²) in [4.78, 5) is 38.9. The van der Waals surface area contributed by atoms with Crippen molar-refractivity contribution >= 4 is 29.1 Å². The molecule has 0 bridgehead atoms. The molecule has 0 aliphatic rings. The zero-order valence-electron chi connectivity index (χ0n) is 12.5. The fourth-order valence-electron chi connectivity index (χ4n) is 1.48. The summed E-state index contributed by atoms with van der Waals surface area (Å²) in [6, 6.07) is 0. The van der Waals surface area contributed by atoms with Gasteiger partial charge in [0, 0.05) is 19.0 Å². The lowest BCUT2D eigenvalue weighted by Gasteiger charge is -2.22. The molecule has 0 aliphatic carbocycles. The van der Waals surface area contributed by atoms with Crippen LogP contribution in [-0.2, 0) is 9.53 Å². The van der Waals surface area contributed by atoms with Gasteiger partial charge in [-0.05, 0) is 20.8 Å². The zero-order chi connectivity index (χ0) is 16.0. The van der Waals surface area contributed by atoms with E-state index in [4.69, 9.17) is 4.74 Å². The first-order valence-electron chi connectivity index (χ1n) is 6.45. The van der Waals surface area contributed by atoms with E-state index in [1.807, 2.05) is 0 Å². The van der Waals surface area contributed by atoms with Crippen molar-refractivity contribution in [1.29, 1.82) is 0 Å². The third kappa shape index (κ3) is 4.52. The number of nitrogens with one attached hydrogen (secondary N) is 2. The molecule has 0 unspecified atom stereocenters. The van der Waals surface area contributed by atoms with Gasteiger partial charge in [0.2, 0.25) is 10.9 Å². The molecule has 0 saturated heterocycles. The first-order valence-corrected chi connectivity index (χ1v) is 7.32. The van der Waals surface area contributed by atoms with Gasteiger partial charge in [0.05, 0.1) is 12.0 Å². The number of nitrogens with zero attached hydrogens (tertiary/aromatic N) is 1. The molecule has 7 nitrogen and oxygen atoms in total. The van der Waals surface area contributed by atoms with Gasteiger partial charge in [-0.25, -0.2) is 9.78 Å². The van der Waals surface area contributed by atoms with Crippen LogP contribution in [0.4, 0.5) is 0 Å². The molecule has 1 heterocycles. The van der Waals surface area contributed by atoms with E-state index in [9.17, 15) is 14.4 Å². The van der Waals surface area contributed by atoms with Gasteiger partial charge in [-0.3, -0.25) is 9.59 Å². The Balaban J connectivity index is 2.65. The normalized spacial score (nSPS) is 10.9. The number of hydrogen-bond acceptors (Lipinski definition) is 6. The molecule has 21 heavy (non-hydrogen) atoms. The topological polar surface area (TPSA) is 97.4 Å². The zero-order valence-corrected chi connectivity index (χ0v) is 13.3. The molecular weight excluding hydrogens is 294 g/mol. The third-order valence-corrected chi connectivity index (χ3v) is 3.54. The quantitative estimate of drug-likeness (QED) is 0.758. The number of esters is 1. The molecule has 1 rings (SSSR count). The van der Waals surface area contributed by atoms with Crippen molar-refractivity contribution in [2.75, 3.05) is 20.2 Å². The maximum Gasteiger partial charge on any atom is 0.367 e. The van der Waals surface area contributed by atoms with Crippen molar-refractivity contribution in [1.82, 2.24) is 15.6 Å². The summed E-state index contributed by atoms with van der Waals surface area (Å²) in [5, 5.41) is 6.78. The van der Waals surface area contributed by atoms with Crippen LogP contribution in [0.2, 0.25) is 0 Å². The highest BCUT2D eigenvalue weighted by Gasteiger charge is 2.27. The summed E-state index contributed by atoms with van der Waals surface area (Å²) in [5.41, 5.74) is -0.597. The summed E-state index contributed by atoms with van der Waals surface area (Å²) in [7, 11) is 1.54. The number of hydrogen-bond donors (Lipinski definition) is 2. The largest absolute Gasteiger partial charge is 0.461 e. The molecule has 116 valence electrons. The van der Waals surface area contributed by atoms with Crippen molar-refractivity contribution in [3.8, 4) is 0 Å². The summed E-state index contributed by atoms with van der Waals surface area (Å²) in [6.45, 7) is 5.55. The maximum absolute atomic E-state index is 11.9. The van der Waals surface area contributed by atoms with Gasteiger partial charge in [0.1, 0.15) is 5.69 Å². The number of carbonyl (C=O) groups is 3. The van der Waals surface area contributed by atoms with Crippen LogP contribution in [0.25, 0.3) is 0 Å². The van der Waals surface area contributed by atoms with E-state index in [1.54, 1.807) is 20.8 Å². The molecule has 1 aromatic heterocycles. The lowest BCUT2D eigenvalue weighted by Crippen LogP contribution is -2.43. The van der Waals surface area contributed by atoms with Crippen molar-refractivity contribution in [2.24, 2.45) is 5.41 Å². The molecule has 1 aromatic rings. The average molecular weight is 313 g/mol. The standard InChI is InChI=1S/C13H19N3O4S/c1-5-20-11(18)10-16-8(6-21-10)9(17)15-7-13(2,3)12(19)14-4/h6H,5,7H2,1-4H3,(H,14,19)(H,15,17). The summed E-state index contributed by atoms with van der Waals surface area (Å²) in [5.74, 6) is -1.15. The van der Waals surface area contributed by atoms with Crippen LogP contribution in [0, 0.1) is 5.41 Å². The smallest absolute Gasteiger partial charge is 0.367 e. The van der Waals surface area contributed by atoms with Gasteiger partial charge < -0.3 is 15.4 Å². The highest BCUT2D eigenvalue weighted by molar-refractivity contribution is 7.11. The van der Waals surface area contributed by atoms with E-state index in [0.717, 1.165) is 11.3 Å². The van der Waals surface area contributed by atoms with Gasteiger partial charge >= 0.3 is 5.97 Å². The highest BCUT2D eigenvalue weighted by atomic mass is 32.1. The molecule has 0 saturated carbocycles. The predicted octanol–water partition coefficient (Wildman–Crippen LogP) is 0.822. The van der Waals surface area contributed by atoms with Crippen LogP contribution in [0.3, 0.4) is 0 Å². The lowest BCUT2D eigenvalue weighted by atomic mass is 9.92. The average Bonchev–Trinajstić information content (AvgIpc) is 2.94. The molecule has 2 amide bonds. The Morgan fingerprint density at radius 1 is 1.38 bits per heavy atom. The first kappa shape index (κ1) is 17.1. The number of amides is 2. The van der Waals surface area contributed by atoms with Crippen LogP contribution >= 0.6 is 11.3 Å². The summed E-state index contributed by atoms with van der Waals surface area (Å²) >= 11 is 1.04. The second kappa shape index (κ2) is 7.16. The van der Waals surface area contributed by atoms with Crippen LogP contribution in [0.5, 0.6) is 0 Å². The van der Waals surface area contributed by atoms with Gasteiger partial charge in [-0.15, -0.1) is 11.3 Å². The van der Waals surface area contributed by atoms with Crippen LogP contribution < -0.4 is 10.6 Å². The van der Waals surface area contributed by atoms with Crippen molar-refractivity contribution < 1.29 is 19.1 Å². The fraction of sp³-hybridized carbons (Fsp3) is 0.538. The van der Waals surface area contributed by atoms with Gasteiger partial charge in [-0.2, -0.15) is 0 Å². The first-order chi connectivity index (χ1) is 9.81. The fourth-order valence-corrected chi connectivity index (χ4v) is 2.16. The number of carbonyl (C=O) groups excluding carboxylic acids is 3.